The average Bonchev–Trinajstić information content (AvgIpc) is 3.01. The van der Waals surface area contributed by atoms with Crippen LogP contribution in [0.4, 0.5) is 5.69 Å². The molecule has 2 aromatic heterocycles. The van der Waals surface area contributed by atoms with Crippen molar-refractivity contribution in [2.75, 3.05) is 11.9 Å². The summed E-state index contributed by atoms with van der Waals surface area (Å²) >= 11 is 0. The summed E-state index contributed by atoms with van der Waals surface area (Å²) in [6, 6.07) is 2.94. The van der Waals surface area contributed by atoms with Crippen molar-refractivity contribution >= 4 is 17.5 Å². The van der Waals surface area contributed by atoms with E-state index in [1.807, 2.05) is 6.92 Å². The summed E-state index contributed by atoms with van der Waals surface area (Å²) in [5.74, 6) is 0.217. The van der Waals surface area contributed by atoms with E-state index < -0.39 is 6.04 Å². The fourth-order valence-corrected chi connectivity index (χ4v) is 3.13. The number of hydrogen-bond donors (Lipinski definition) is 1. The van der Waals surface area contributed by atoms with Crippen molar-refractivity contribution in [1.29, 1.82) is 0 Å². The van der Waals surface area contributed by atoms with Crippen LogP contribution in [0.25, 0.3) is 0 Å². The molecule has 1 saturated heterocycles. The van der Waals surface area contributed by atoms with Gasteiger partial charge in [-0.2, -0.15) is 0 Å². The minimum absolute atomic E-state index is 0.161. The number of carbonyl (C=O) groups is 2. The lowest BCUT2D eigenvalue weighted by Crippen LogP contribution is -2.50. The number of aryl methyl sites for hydroxylation is 2. The first-order valence-corrected chi connectivity index (χ1v) is 8.58. The van der Waals surface area contributed by atoms with Crippen LogP contribution in [0.5, 0.6) is 0 Å². The van der Waals surface area contributed by atoms with E-state index in [1.165, 1.54) is 6.20 Å². The molecule has 2 amide bonds. The van der Waals surface area contributed by atoms with Gasteiger partial charge in [-0.1, -0.05) is 12.1 Å². The Kier molecular flexibility index (Phi) is 5.11. The van der Waals surface area contributed by atoms with Gasteiger partial charge in [0.2, 0.25) is 5.91 Å². The van der Waals surface area contributed by atoms with Gasteiger partial charge in [-0.3, -0.25) is 14.6 Å². The van der Waals surface area contributed by atoms with Crippen molar-refractivity contribution in [3.63, 3.8) is 0 Å². The molecule has 0 bridgehead atoms. The summed E-state index contributed by atoms with van der Waals surface area (Å²) in [4.78, 5) is 31.3. The molecule has 1 unspecified atom stereocenters. The second-order valence-electron chi connectivity index (χ2n) is 6.16. The van der Waals surface area contributed by atoms with Crippen LogP contribution >= 0.6 is 0 Å². The quantitative estimate of drug-likeness (QED) is 0.922. The second kappa shape index (κ2) is 7.46. The second-order valence-corrected chi connectivity index (χ2v) is 6.16. The van der Waals surface area contributed by atoms with Crippen molar-refractivity contribution in [2.24, 2.45) is 0 Å². The van der Waals surface area contributed by atoms with Gasteiger partial charge in [0.15, 0.2) is 5.76 Å². The number of rotatable bonds is 4. The maximum absolute atomic E-state index is 12.8. The summed E-state index contributed by atoms with van der Waals surface area (Å²) in [6.45, 7) is 4.28. The molecule has 0 spiro atoms. The van der Waals surface area contributed by atoms with Crippen LogP contribution in [0.3, 0.4) is 0 Å². The Labute approximate surface area is 146 Å². The van der Waals surface area contributed by atoms with E-state index in [2.05, 4.69) is 15.5 Å². The molecule has 1 aliphatic heterocycles. The highest BCUT2D eigenvalue weighted by molar-refractivity contribution is 6.01. The van der Waals surface area contributed by atoms with Gasteiger partial charge >= 0.3 is 0 Å². The molecule has 0 saturated carbocycles. The van der Waals surface area contributed by atoms with Crippen LogP contribution < -0.4 is 5.32 Å². The Hall–Kier alpha value is -2.70. The van der Waals surface area contributed by atoms with Gasteiger partial charge in [-0.15, -0.1) is 0 Å². The fourth-order valence-electron chi connectivity index (χ4n) is 3.13. The third-order valence-corrected chi connectivity index (χ3v) is 4.49. The zero-order valence-corrected chi connectivity index (χ0v) is 14.5. The molecule has 7 nitrogen and oxygen atoms in total. The highest BCUT2D eigenvalue weighted by atomic mass is 16.5. The Morgan fingerprint density at radius 1 is 1.40 bits per heavy atom. The van der Waals surface area contributed by atoms with Crippen LogP contribution in [0.15, 0.2) is 29.0 Å². The van der Waals surface area contributed by atoms with Crippen LogP contribution in [-0.4, -0.2) is 39.4 Å². The molecule has 132 valence electrons. The molecule has 1 fully saturated rings. The summed E-state index contributed by atoms with van der Waals surface area (Å²) < 4.78 is 5.16. The standard InChI is InChI=1S/C18H22N4O3/c1-3-14-16(12(2)25-21-14)20-17(23)15-8-4-5-10-22(15)18(24)13-7-6-9-19-11-13/h6-7,9,11,15H,3-5,8,10H2,1-2H3,(H,20,23). The van der Waals surface area contributed by atoms with Crippen LogP contribution in [0, 0.1) is 6.92 Å². The maximum Gasteiger partial charge on any atom is 0.256 e. The molecule has 3 rings (SSSR count). The summed E-state index contributed by atoms with van der Waals surface area (Å²) in [5, 5.41) is 6.87. The molecule has 2 aromatic rings. The number of nitrogens with one attached hydrogen (secondary N) is 1. The van der Waals surface area contributed by atoms with Gasteiger partial charge in [-0.05, 0) is 44.7 Å². The lowest BCUT2D eigenvalue weighted by molar-refractivity contribution is -0.121. The first kappa shape index (κ1) is 17.1. The highest BCUT2D eigenvalue weighted by Crippen LogP contribution is 2.24. The van der Waals surface area contributed by atoms with E-state index >= 15 is 0 Å². The van der Waals surface area contributed by atoms with Crippen molar-refractivity contribution in [3.8, 4) is 0 Å². The first-order valence-electron chi connectivity index (χ1n) is 8.58. The van der Waals surface area contributed by atoms with Gasteiger partial charge in [0, 0.05) is 18.9 Å². The number of aromatic nitrogens is 2. The van der Waals surface area contributed by atoms with E-state index in [0.717, 1.165) is 12.8 Å². The first-order chi connectivity index (χ1) is 12.1. The Balaban J connectivity index is 1.79. The SMILES string of the molecule is CCc1noc(C)c1NC(=O)C1CCCCN1C(=O)c1cccnc1. The van der Waals surface area contributed by atoms with E-state index in [9.17, 15) is 9.59 Å². The molecular weight excluding hydrogens is 320 g/mol. The lowest BCUT2D eigenvalue weighted by atomic mass is 10.00. The van der Waals surface area contributed by atoms with Gasteiger partial charge in [0.05, 0.1) is 5.56 Å². The molecule has 1 atom stereocenters. The zero-order chi connectivity index (χ0) is 17.8. The minimum atomic E-state index is -0.500. The molecule has 7 heteroatoms. The summed E-state index contributed by atoms with van der Waals surface area (Å²) in [7, 11) is 0. The molecule has 25 heavy (non-hydrogen) atoms. The van der Waals surface area contributed by atoms with Crippen LogP contribution in [0.1, 0.15) is 48.0 Å². The van der Waals surface area contributed by atoms with Gasteiger partial charge in [0.1, 0.15) is 17.4 Å². The number of likely N-dealkylation sites (tertiary alicyclic amines) is 1. The van der Waals surface area contributed by atoms with E-state index in [0.29, 0.717) is 42.1 Å². The van der Waals surface area contributed by atoms with Crippen molar-refractivity contribution in [1.82, 2.24) is 15.0 Å². The zero-order valence-electron chi connectivity index (χ0n) is 14.5. The third kappa shape index (κ3) is 3.55. The number of carbonyl (C=O) groups excluding carboxylic acids is 2. The third-order valence-electron chi connectivity index (χ3n) is 4.49. The molecular formula is C18H22N4O3. The smallest absolute Gasteiger partial charge is 0.256 e. The van der Waals surface area contributed by atoms with E-state index in [4.69, 9.17) is 4.52 Å². The number of pyridine rings is 1. The Bertz CT molecular complexity index is 757. The predicted molar refractivity (Wildman–Crippen MR) is 92.2 cm³/mol. The minimum Gasteiger partial charge on any atom is -0.359 e. The van der Waals surface area contributed by atoms with Gasteiger partial charge in [0.25, 0.3) is 5.91 Å². The number of amides is 2. The van der Waals surface area contributed by atoms with Gasteiger partial charge in [-0.25, -0.2) is 0 Å². The summed E-state index contributed by atoms with van der Waals surface area (Å²) in [6.07, 6.45) is 6.27. The highest BCUT2D eigenvalue weighted by Gasteiger charge is 2.33. The van der Waals surface area contributed by atoms with Gasteiger partial charge < -0.3 is 14.7 Å². The normalized spacial score (nSPS) is 17.4. The monoisotopic (exact) mass is 342 g/mol. The molecule has 0 radical (unpaired) electrons. The predicted octanol–water partition coefficient (Wildman–Crippen LogP) is 2.57. The largest absolute Gasteiger partial charge is 0.359 e. The van der Waals surface area contributed by atoms with Crippen molar-refractivity contribution in [2.45, 2.75) is 45.6 Å². The number of hydrogen-bond acceptors (Lipinski definition) is 5. The number of piperidine rings is 1. The molecule has 1 N–H and O–H groups in total. The fraction of sp³-hybridized carbons (Fsp3) is 0.444. The molecule has 3 heterocycles. The number of anilines is 1. The molecule has 1 aliphatic rings. The molecule has 0 aromatic carbocycles. The summed E-state index contributed by atoms with van der Waals surface area (Å²) in [5.41, 5.74) is 1.83. The number of nitrogens with zero attached hydrogens (tertiary/aromatic N) is 3. The lowest BCUT2D eigenvalue weighted by Gasteiger charge is -2.34. The van der Waals surface area contributed by atoms with Crippen LogP contribution in [0.2, 0.25) is 0 Å². The van der Waals surface area contributed by atoms with Crippen LogP contribution in [-0.2, 0) is 11.2 Å². The average molecular weight is 342 g/mol. The van der Waals surface area contributed by atoms with E-state index in [1.54, 1.807) is 30.2 Å². The maximum atomic E-state index is 12.8. The molecule has 0 aliphatic carbocycles. The van der Waals surface area contributed by atoms with Crippen molar-refractivity contribution < 1.29 is 14.1 Å². The Morgan fingerprint density at radius 2 is 2.24 bits per heavy atom. The Morgan fingerprint density at radius 3 is 2.96 bits per heavy atom. The van der Waals surface area contributed by atoms with E-state index in [-0.39, 0.29) is 11.8 Å². The van der Waals surface area contributed by atoms with Crippen molar-refractivity contribution in [3.05, 3.63) is 41.5 Å². The topological polar surface area (TPSA) is 88.3 Å².